The average molecular weight is 611 g/mol. The Morgan fingerprint density at radius 2 is 1.29 bits per heavy atom. The Kier molecular flexibility index (Phi) is 7.13. The van der Waals surface area contributed by atoms with Crippen molar-refractivity contribution in [3.05, 3.63) is 147 Å². The zero-order valence-corrected chi connectivity index (χ0v) is 25.7. The summed E-state index contributed by atoms with van der Waals surface area (Å²) in [6.45, 7) is 2.01. The van der Waals surface area contributed by atoms with E-state index in [4.69, 9.17) is 0 Å². The highest BCUT2D eigenvalue weighted by Crippen LogP contribution is 2.53. The standard InChI is InChI=1S/C42H22N6/c1-24-13-28(9-10-30(24)19-44)29-11-12-34-36-17-39-35(16-40(36)42(38(34)15-29)32(22-47)23-48)33-4-2-3-27(26-7-5-25(18-43)6-8-26)14-37(33)41(39)31(20-45)21-46/h2,4-17,24,30H,3H2,1H3. The van der Waals surface area contributed by atoms with Crippen molar-refractivity contribution in [2.45, 2.75) is 13.3 Å². The van der Waals surface area contributed by atoms with E-state index in [0.29, 0.717) is 23.1 Å². The molecule has 0 N–H and O–H groups in total. The first-order valence-electron chi connectivity index (χ1n) is 15.3. The van der Waals surface area contributed by atoms with Gasteiger partial charge in [0.15, 0.2) is 0 Å². The summed E-state index contributed by atoms with van der Waals surface area (Å²) in [5, 5.41) is 59.2. The monoisotopic (exact) mass is 610 g/mol. The van der Waals surface area contributed by atoms with Gasteiger partial charge in [0, 0.05) is 11.1 Å². The summed E-state index contributed by atoms with van der Waals surface area (Å²) in [5.41, 5.74) is 11.7. The van der Waals surface area contributed by atoms with Gasteiger partial charge in [-0.05, 0) is 116 Å². The molecule has 7 rings (SSSR count). The van der Waals surface area contributed by atoms with Gasteiger partial charge in [-0.2, -0.15) is 31.6 Å². The first kappa shape index (κ1) is 29.5. The lowest BCUT2D eigenvalue weighted by atomic mass is 9.85. The number of fused-ring (bicyclic) bond motifs is 5. The van der Waals surface area contributed by atoms with Crippen molar-refractivity contribution in [2.24, 2.45) is 11.8 Å². The van der Waals surface area contributed by atoms with Gasteiger partial charge in [0.1, 0.15) is 35.4 Å². The van der Waals surface area contributed by atoms with Crippen LogP contribution in [0, 0.1) is 79.8 Å². The molecule has 0 spiro atoms. The van der Waals surface area contributed by atoms with Crippen LogP contribution in [0.2, 0.25) is 0 Å². The predicted octanol–water partition coefficient (Wildman–Crippen LogP) is 8.73. The minimum Gasteiger partial charge on any atom is -0.198 e. The number of hydrogen-bond acceptors (Lipinski definition) is 6. The van der Waals surface area contributed by atoms with Crippen molar-refractivity contribution in [1.82, 2.24) is 0 Å². The summed E-state index contributed by atoms with van der Waals surface area (Å²) in [6.07, 6.45) is 12.6. The SMILES string of the molecule is CC1C=C(c2ccc3c(c2)C(=C(C#N)C#N)c2cc4c(cc2-3)C(=C(C#N)C#N)C2=C4C=CCC(c3ccc(C#N)cc3)=C2)C=CC1C#N. The van der Waals surface area contributed by atoms with Crippen LogP contribution in [0.25, 0.3) is 39.0 Å². The van der Waals surface area contributed by atoms with Crippen LogP contribution >= 0.6 is 0 Å². The highest BCUT2D eigenvalue weighted by molar-refractivity contribution is 6.13. The van der Waals surface area contributed by atoms with Crippen molar-refractivity contribution in [3.8, 4) is 47.5 Å². The van der Waals surface area contributed by atoms with Crippen molar-refractivity contribution in [2.75, 3.05) is 0 Å². The van der Waals surface area contributed by atoms with Crippen molar-refractivity contribution in [1.29, 1.82) is 31.6 Å². The summed E-state index contributed by atoms with van der Waals surface area (Å²) in [5.74, 6) is -0.163. The van der Waals surface area contributed by atoms with E-state index in [0.717, 1.165) is 66.8 Å². The normalized spacial score (nSPS) is 17.8. The molecule has 0 fully saturated rings. The zero-order valence-electron chi connectivity index (χ0n) is 25.7. The van der Waals surface area contributed by atoms with Crippen LogP contribution in [0.1, 0.15) is 52.3 Å². The fourth-order valence-corrected chi connectivity index (χ4v) is 7.01. The number of rotatable bonds is 2. The number of benzene rings is 3. The Bertz CT molecular complexity index is 2450. The molecule has 0 amide bonds. The highest BCUT2D eigenvalue weighted by Gasteiger charge is 2.34. The Morgan fingerprint density at radius 3 is 1.96 bits per heavy atom. The zero-order chi connectivity index (χ0) is 33.5. The molecule has 4 aliphatic carbocycles. The molecule has 0 heterocycles. The molecule has 3 aromatic carbocycles. The van der Waals surface area contributed by atoms with Crippen LogP contribution in [0.15, 0.2) is 108 Å². The third-order valence-corrected chi connectivity index (χ3v) is 9.37. The maximum atomic E-state index is 10.1. The summed E-state index contributed by atoms with van der Waals surface area (Å²) >= 11 is 0. The lowest BCUT2D eigenvalue weighted by Gasteiger charge is -2.18. The largest absolute Gasteiger partial charge is 0.198 e. The van der Waals surface area contributed by atoms with E-state index in [2.05, 4.69) is 42.5 Å². The Balaban J connectivity index is 1.44. The topological polar surface area (TPSA) is 143 Å². The third-order valence-electron chi connectivity index (χ3n) is 9.37. The fourth-order valence-electron chi connectivity index (χ4n) is 7.01. The molecule has 48 heavy (non-hydrogen) atoms. The van der Waals surface area contributed by atoms with Crippen LogP contribution in [0.5, 0.6) is 0 Å². The van der Waals surface area contributed by atoms with Crippen LogP contribution in [-0.4, -0.2) is 0 Å². The minimum atomic E-state index is -0.199. The summed E-state index contributed by atoms with van der Waals surface area (Å²) in [6, 6.07) is 30.2. The van der Waals surface area contributed by atoms with Gasteiger partial charge in [0.25, 0.3) is 0 Å². The van der Waals surface area contributed by atoms with E-state index in [1.54, 1.807) is 12.1 Å². The van der Waals surface area contributed by atoms with Crippen LogP contribution < -0.4 is 0 Å². The smallest absolute Gasteiger partial charge is 0.138 e. The molecule has 0 saturated carbocycles. The number of allylic oxidation sites excluding steroid dienone is 13. The molecule has 3 aromatic rings. The van der Waals surface area contributed by atoms with Crippen LogP contribution in [-0.2, 0) is 0 Å². The number of nitrogens with zero attached hydrogens (tertiary/aromatic N) is 6. The van der Waals surface area contributed by atoms with Crippen LogP contribution in [0.3, 0.4) is 0 Å². The average Bonchev–Trinajstić information content (AvgIpc) is 3.47. The summed E-state index contributed by atoms with van der Waals surface area (Å²) < 4.78 is 0. The van der Waals surface area contributed by atoms with E-state index in [1.807, 2.05) is 79.8 Å². The molecule has 0 aliphatic heterocycles. The molecule has 6 nitrogen and oxygen atoms in total. The molecular formula is C42H22N6. The van der Waals surface area contributed by atoms with E-state index in [9.17, 15) is 31.6 Å². The molecule has 0 bridgehead atoms. The Hall–Kier alpha value is -7.22. The van der Waals surface area contributed by atoms with Crippen molar-refractivity contribution < 1.29 is 0 Å². The number of hydrogen-bond donors (Lipinski definition) is 0. The molecule has 4 aliphatic rings. The van der Waals surface area contributed by atoms with E-state index in [-0.39, 0.29) is 23.0 Å². The number of nitriles is 6. The molecule has 0 aromatic heterocycles. The van der Waals surface area contributed by atoms with Gasteiger partial charge in [-0.25, -0.2) is 0 Å². The fraction of sp³-hybridized carbons (Fsp3) is 0.0952. The maximum Gasteiger partial charge on any atom is 0.138 e. The first-order valence-corrected chi connectivity index (χ1v) is 15.3. The van der Waals surface area contributed by atoms with Crippen molar-refractivity contribution in [3.63, 3.8) is 0 Å². The molecule has 220 valence electrons. The van der Waals surface area contributed by atoms with Gasteiger partial charge >= 0.3 is 0 Å². The minimum absolute atomic E-state index is 0.00436. The molecule has 6 heteroatoms. The van der Waals surface area contributed by atoms with Gasteiger partial charge in [-0.15, -0.1) is 0 Å². The maximum absolute atomic E-state index is 10.1. The van der Waals surface area contributed by atoms with Gasteiger partial charge in [-0.3, -0.25) is 0 Å². The molecule has 0 radical (unpaired) electrons. The van der Waals surface area contributed by atoms with Gasteiger partial charge in [-0.1, -0.05) is 61.6 Å². The first-order chi connectivity index (χ1) is 23.4. The second-order valence-corrected chi connectivity index (χ2v) is 11.9. The predicted molar refractivity (Wildman–Crippen MR) is 182 cm³/mol. The van der Waals surface area contributed by atoms with E-state index in [1.165, 1.54) is 0 Å². The lowest BCUT2D eigenvalue weighted by Crippen LogP contribution is -2.08. The highest BCUT2D eigenvalue weighted by atomic mass is 14.4. The van der Waals surface area contributed by atoms with E-state index < -0.39 is 0 Å². The molecule has 0 saturated heterocycles. The lowest BCUT2D eigenvalue weighted by molar-refractivity contribution is 0.619. The van der Waals surface area contributed by atoms with E-state index >= 15 is 0 Å². The van der Waals surface area contributed by atoms with Crippen LogP contribution in [0.4, 0.5) is 0 Å². The quantitative estimate of drug-likeness (QED) is 0.208. The molecule has 2 atom stereocenters. The van der Waals surface area contributed by atoms with Gasteiger partial charge in [0.05, 0.1) is 23.6 Å². The second kappa shape index (κ2) is 11.6. The Labute approximate surface area is 278 Å². The third kappa shape index (κ3) is 4.51. The van der Waals surface area contributed by atoms with Gasteiger partial charge in [0.2, 0.25) is 0 Å². The summed E-state index contributed by atoms with van der Waals surface area (Å²) in [4.78, 5) is 0. The van der Waals surface area contributed by atoms with Gasteiger partial charge < -0.3 is 0 Å². The second-order valence-electron chi connectivity index (χ2n) is 11.9. The Morgan fingerprint density at radius 1 is 0.646 bits per heavy atom. The molecular weight excluding hydrogens is 589 g/mol. The summed E-state index contributed by atoms with van der Waals surface area (Å²) in [7, 11) is 0. The molecule has 2 unspecified atom stereocenters. The van der Waals surface area contributed by atoms with Crippen molar-refractivity contribution >= 4 is 27.9 Å².